The van der Waals surface area contributed by atoms with Gasteiger partial charge in [0, 0.05) is 19.8 Å². The first-order chi connectivity index (χ1) is 11.2. The van der Waals surface area contributed by atoms with Gasteiger partial charge in [0.15, 0.2) is 0 Å². The minimum atomic E-state index is -0.357. The number of nitrogens with one attached hydrogen (secondary N) is 1. The van der Waals surface area contributed by atoms with Gasteiger partial charge < -0.3 is 19.9 Å². The second-order valence-corrected chi connectivity index (χ2v) is 5.91. The molecular weight excluding hydrogens is 294 g/mol. The highest BCUT2D eigenvalue weighted by Gasteiger charge is 2.21. The van der Waals surface area contributed by atoms with E-state index in [1.54, 1.807) is 0 Å². The van der Waals surface area contributed by atoms with Gasteiger partial charge in [-0.1, -0.05) is 12.1 Å². The maximum Gasteiger partial charge on any atom is 0.224 e. The zero-order valence-electron chi connectivity index (χ0n) is 13.8. The molecule has 2 N–H and O–H groups in total. The molecule has 0 radical (unpaired) electrons. The van der Waals surface area contributed by atoms with Gasteiger partial charge in [-0.05, 0) is 49.8 Å². The standard InChI is InChI=1S/C18H27NO4/c1-2-23-16-5-3-14(4-6-16)13-18(21)19-10-7-17(20)15-8-11-22-12-9-15/h3-6,15,17,20H,2,7-13H2,1H3,(H,19,21)/t17-/m1/s1. The second kappa shape index (κ2) is 9.53. The molecule has 5 heteroatoms. The van der Waals surface area contributed by atoms with Crippen LogP contribution in [0.5, 0.6) is 5.75 Å². The monoisotopic (exact) mass is 321 g/mol. The van der Waals surface area contributed by atoms with Crippen LogP contribution in [-0.2, 0) is 16.0 Å². The Balaban J connectivity index is 1.66. The Morgan fingerprint density at radius 3 is 2.70 bits per heavy atom. The Labute approximate surface area is 138 Å². The average molecular weight is 321 g/mol. The average Bonchev–Trinajstić information content (AvgIpc) is 2.57. The number of hydrogen-bond acceptors (Lipinski definition) is 4. The maximum absolute atomic E-state index is 11.9. The number of rotatable bonds is 8. The van der Waals surface area contributed by atoms with Crippen LogP contribution in [0.4, 0.5) is 0 Å². The number of carbonyl (C=O) groups excluding carboxylic acids is 1. The molecule has 0 bridgehead atoms. The molecule has 0 saturated carbocycles. The van der Waals surface area contributed by atoms with E-state index in [1.807, 2.05) is 31.2 Å². The van der Waals surface area contributed by atoms with Crippen molar-refractivity contribution in [3.05, 3.63) is 29.8 Å². The summed E-state index contributed by atoms with van der Waals surface area (Å²) in [5.74, 6) is 1.09. The summed E-state index contributed by atoms with van der Waals surface area (Å²) in [6, 6.07) is 7.56. The van der Waals surface area contributed by atoms with Gasteiger partial charge in [0.2, 0.25) is 5.91 Å². The molecule has 1 atom stereocenters. The number of aliphatic hydroxyl groups is 1. The smallest absolute Gasteiger partial charge is 0.224 e. The fourth-order valence-corrected chi connectivity index (χ4v) is 2.81. The molecule has 1 saturated heterocycles. The molecule has 1 fully saturated rings. The molecule has 0 unspecified atom stereocenters. The van der Waals surface area contributed by atoms with Crippen molar-refractivity contribution in [2.24, 2.45) is 5.92 Å². The minimum absolute atomic E-state index is 0.0201. The van der Waals surface area contributed by atoms with Gasteiger partial charge in [-0.3, -0.25) is 4.79 Å². The molecule has 1 aromatic rings. The normalized spacial score (nSPS) is 16.8. The number of carbonyl (C=O) groups is 1. The van der Waals surface area contributed by atoms with Crippen molar-refractivity contribution in [1.82, 2.24) is 5.32 Å². The number of amides is 1. The lowest BCUT2D eigenvalue weighted by Gasteiger charge is -2.26. The fraction of sp³-hybridized carbons (Fsp3) is 0.611. The molecule has 23 heavy (non-hydrogen) atoms. The molecule has 1 amide bonds. The van der Waals surface area contributed by atoms with E-state index in [0.29, 0.717) is 31.9 Å². The van der Waals surface area contributed by atoms with Crippen molar-refractivity contribution in [3.63, 3.8) is 0 Å². The number of aliphatic hydroxyl groups excluding tert-OH is 1. The summed E-state index contributed by atoms with van der Waals surface area (Å²) in [7, 11) is 0. The van der Waals surface area contributed by atoms with Crippen molar-refractivity contribution in [1.29, 1.82) is 0 Å². The Morgan fingerprint density at radius 2 is 2.04 bits per heavy atom. The van der Waals surface area contributed by atoms with Gasteiger partial charge in [0.05, 0.1) is 19.1 Å². The summed E-state index contributed by atoms with van der Waals surface area (Å²) in [4.78, 5) is 11.9. The summed E-state index contributed by atoms with van der Waals surface area (Å²) < 4.78 is 10.7. The van der Waals surface area contributed by atoms with Crippen LogP contribution >= 0.6 is 0 Å². The molecule has 1 aliphatic heterocycles. The Bertz CT molecular complexity index is 468. The van der Waals surface area contributed by atoms with E-state index in [-0.39, 0.29) is 12.0 Å². The molecule has 5 nitrogen and oxygen atoms in total. The van der Waals surface area contributed by atoms with E-state index in [9.17, 15) is 9.90 Å². The predicted octanol–water partition coefficient (Wildman–Crippen LogP) is 1.92. The number of ether oxygens (including phenoxy) is 2. The van der Waals surface area contributed by atoms with E-state index in [1.165, 1.54) is 0 Å². The van der Waals surface area contributed by atoms with Crippen LogP contribution in [0.1, 0.15) is 31.7 Å². The largest absolute Gasteiger partial charge is 0.494 e. The molecular formula is C18H27NO4. The van der Waals surface area contributed by atoms with E-state index in [0.717, 1.165) is 37.4 Å². The summed E-state index contributed by atoms with van der Waals surface area (Å²) in [5, 5.41) is 13.0. The maximum atomic E-state index is 11.9. The highest BCUT2D eigenvalue weighted by molar-refractivity contribution is 5.78. The van der Waals surface area contributed by atoms with Gasteiger partial charge in [0.25, 0.3) is 0 Å². The van der Waals surface area contributed by atoms with Crippen LogP contribution in [0.25, 0.3) is 0 Å². The number of benzene rings is 1. The highest BCUT2D eigenvalue weighted by atomic mass is 16.5. The van der Waals surface area contributed by atoms with Crippen molar-refractivity contribution < 1.29 is 19.4 Å². The van der Waals surface area contributed by atoms with E-state index in [4.69, 9.17) is 9.47 Å². The molecule has 0 aliphatic carbocycles. The molecule has 1 aliphatic rings. The van der Waals surface area contributed by atoms with Gasteiger partial charge in [-0.25, -0.2) is 0 Å². The second-order valence-electron chi connectivity index (χ2n) is 5.91. The van der Waals surface area contributed by atoms with Crippen LogP contribution in [0.2, 0.25) is 0 Å². The summed E-state index contributed by atoms with van der Waals surface area (Å²) >= 11 is 0. The van der Waals surface area contributed by atoms with E-state index in [2.05, 4.69) is 5.32 Å². The third-order valence-electron chi connectivity index (χ3n) is 4.17. The van der Waals surface area contributed by atoms with E-state index >= 15 is 0 Å². The molecule has 2 rings (SSSR count). The first-order valence-corrected chi connectivity index (χ1v) is 8.43. The van der Waals surface area contributed by atoms with Crippen LogP contribution in [0.15, 0.2) is 24.3 Å². The zero-order valence-corrected chi connectivity index (χ0v) is 13.8. The minimum Gasteiger partial charge on any atom is -0.494 e. The van der Waals surface area contributed by atoms with Crippen molar-refractivity contribution in [2.75, 3.05) is 26.4 Å². The molecule has 1 heterocycles. The van der Waals surface area contributed by atoms with Gasteiger partial charge in [-0.15, -0.1) is 0 Å². The van der Waals surface area contributed by atoms with Crippen molar-refractivity contribution in [2.45, 2.75) is 38.7 Å². The lowest BCUT2D eigenvalue weighted by Crippen LogP contribution is -2.33. The summed E-state index contributed by atoms with van der Waals surface area (Å²) in [5.41, 5.74) is 0.955. The van der Waals surface area contributed by atoms with Crippen LogP contribution in [-0.4, -0.2) is 43.5 Å². The fourth-order valence-electron chi connectivity index (χ4n) is 2.81. The van der Waals surface area contributed by atoms with Gasteiger partial charge in [-0.2, -0.15) is 0 Å². The Morgan fingerprint density at radius 1 is 1.35 bits per heavy atom. The van der Waals surface area contributed by atoms with Gasteiger partial charge >= 0.3 is 0 Å². The van der Waals surface area contributed by atoms with Crippen LogP contribution in [0.3, 0.4) is 0 Å². The zero-order chi connectivity index (χ0) is 16.5. The first-order valence-electron chi connectivity index (χ1n) is 8.43. The summed E-state index contributed by atoms with van der Waals surface area (Å²) in [6.45, 7) is 4.54. The van der Waals surface area contributed by atoms with Crippen LogP contribution in [0, 0.1) is 5.92 Å². The highest BCUT2D eigenvalue weighted by Crippen LogP contribution is 2.20. The topological polar surface area (TPSA) is 67.8 Å². The lowest BCUT2D eigenvalue weighted by atomic mass is 9.92. The number of hydrogen-bond donors (Lipinski definition) is 2. The third kappa shape index (κ3) is 6.20. The van der Waals surface area contributed by atoms with Crippen molar-refractivity contribution in [3.8, 4) is 5.75 Å². The lowest BCUT2D eigenvalue weighted by molar-refractivity contribution is -0.120. The van der Waals surface area contributed by atoms with Gasteiger partial charge in [0.1, 0.15) is 5.75 Å². The first kappa shape index (κ1) is 17.8. The quantitative estimate of drug-likeness (QED) is 0.768. The molecule has 0 spiro atoms. The molecule has 0 aromatic heterocycles. The van der Waals surface area contributed by atoms with Crippen molar-refractivity contribution >= 4 is 5.91 Å². The van der Waals surface area contributed by atoms with Crippen LogP contribution < -0.4 is 10.1 Å². The summed E-state index contributed by atoms with van der Waals surface area (Å²) in [6.07, 6.45) is 2.40. The van der Waals surface area contributed by atoms with E-state index < -0.39 is 0 Å². The molecule has 1 aromatic carbocycles. The Hall–Kier alpha value is -1.59. The predicted molar refractivity (Wildman–Crippen MR) is 88.5 cm³/mol. The Kier molecular flexibility index (Phi) is 7.36. The molecule has 128 valence electrons. The third-order valence-corrected chi connectivity index (χ3v) is 4.17. The SMILES string of the molecule is CCOc1ccc(CC(=O)NCC[C@@H](O)C2CCOCC2)cc1.